The standard InChI is InChI=1S/C18H24N2O2/c1-2-13-4-3-5-16-15(12-20-17(13)16)6-9-19-18(21)14-7-10-22-11-8-14/h3-5,12,14,20H,2,6-11H2,1H3,(H,19,21). The number of amides is 1. The summed E-state index contributed by atoms with van der Waals surface area (Å²) < 4.78 is 5.30. The number of hydrogen-bond acceptors (Lipinski definition) is 2. The Morgan fingerprint density at radius 2 is 2.14 bits per heavy atom. The Kier molecular flexibility index (Phi) is 4.78. The van der Waals surface area contributed by atoms with Crippen molar-refractivity contribution in [2.24, 2.45) is 5.92 Å². The minimum absolute atomic E-state index is 0.128. The van der Waals surface area contributed by atoms with Crippen molar-refractivity contribution in [1.29, 1.82) is 0 Å². The number of rotatable bonds is 5. The van der Waals surface area contributed by atoms with Crippen molar-refractivity contribution in [3.8, 4) is 0 Å². The Hall–Kier alpha value is -1.81. The third kappa shape index (κ3) is 3.17. The summed E-state index contributed by atoms with van der Waals surface area (Å²) in [7, 11) is 0. The number of aromatic nitrogens is 1. The van der Waals surface area contributed by atoms with Crippen LogP contribution in [0.3, 0.4) is 0 Å². The van der Waals surface area contributed by atoms with Gasteiger partial charge in [0.2, 0.25) is 5.91 Å². The highest BCUT2D eigenvalue weighted by Crippen LogP contribution is 2.22. The van der Waals surface area contributed by atoms with E-state index in [9.17, 15) is 4.79 Å². The van der Waals surface area contributed by atoms with E-state index in [0.717, 1.165) is 25.7 Å². The average Bonchev–Trinajstić information content (AvgIpc) is 2.99. The molecule has 0 radical (unpaired) electrons. The molecule has 1 aliphatic heterocycles. The molecule has 0 saturated carbocycles. The number of carbonyl (C=O) groups is 1. The highest BCUT2D eigenvalue weighted by atomic mass is 16.5. The number of nitrogens with one attached hydrogen (secondary N) is 2. The van der Waals surface area contributed by atoms with Crippen LogP contribution in [0.5, 0.6) is 0 Å². The molecule has 1 fully saturated rings. The van der Waals surface area contributed by atoms with Crippen molar-refractivity contribution >= 4 is 16.8 Å². The van der Waals surface area contributed by atoms with Crippen molar-refractivity contribution in [1.82, 2.24) is 10.3 Å². The van der Waals surface area contributed by atoms with Crippen molar-refractivity contribution in [2.75, 3.05) is 19.8 Å². The number of carbonyl (C=O) groups excluding carboxylic acids is 1. The van der Waals surface area contributed by atoms with E-state index in [1.54, 1.807) is 0 Å². The van der Waals surface area contributed by atoms with E-state index in [1.165, 1.54) is 22.0 Å². The Labute approximate surface area is 131 Å². The molecular formula is C18H24N2O2. The molecule has 1 aromatic carbocycles. The lowest BCUT2D eigenvalue weighted by molar-refractivity contribution is -0.127. The van der Waals surface area contributed by atoms with Crippen LogP contribution in [0.2, 0.25) is 0 Å². The van der Waals surface area contributed by atoms with Crippen LogP contribution in [0, 0.1) is 5.92 Å². The number of hydrogen-bond donors (Lipinski definition) is 2. The third-order valence-corrected chi connectivity index (χ3v) is 4.55. The first-order chi connectivity index (χ1) is 10.8. The highest BCUT2D eigenvalue weighted by molar-refractivity contribution is 5.86. The van der Waals surface area contributed by atoms with Gasteiger partial charge in [-0.2, -0.15) is 0 Å². The van der Waals surface area contributed by atoms with Gasteiger partial charge in [-0.3, -0.25) is 4.79 Å². The molecule has 4 nitrogen and oxygen atoms in total. The Balaban J connectivity index is 1.59. The summed E-state index contributed by atoms with van der Waals surface area (Å²) in [5, 5.41) is 4.35. The van der Waals surface area contributed by atoms with Gasteiger partial charge in [-0.1, -0.05) is 25.1 Å². The normalized spacial score (nSPS) is 16.0. The van der Waals surface area contributed by atoms with Crippen molar-refractivity contribution in [3.05, 3.63) is 35.5 Å². The molecule has 1 aliphatic rings. The van der Waals surface area contributed by atoms with Crippen molar-refractivity contribution in [3.63, 3.8) is 0 Å². The van der Waals surface area contributed by atoms with Crippen LogP contribution in [0.25, 0.3) is 10.9 Å². The number of aryl methyl sites for hydroxylation is 1. The number of H-pyrrole nitrogens is 1. The van der Waals surface area contributed by atoms with E-state index >= 15 is 0 Å². The van der Waals surface area contributed by atoms with Gasteiger partial charge < -0.3 is 15.0 Å². The fourth-order valence-electron chi connectivity index (χ4n) is 3.20. The second-order valence-corrected chi connectivity index (χ2v) is 5.93. The summed E-state index contributed by atoms with van der Waals surface area (Å²) in [6.07, 6.45) is 5.65. The number of benzene rings is 1. The first-order valence-electron chi connectivity index (χ1n) is 8.23. The number of para-hydroxylation sites is 1. The maximum Gasteiger partial charge on any atom is 0.223 e. The van der Waals surface area contributed by atoms with Gasteiger partial charge in [-0.15, -0.1) is 0 Å². The van der Waals surface area contributed by atoms with E-state index in [1.807, 2.05) is 0 Å². The lowest BCUT2D eigenvalue weighted by Crippen LogP contribution is -2.35. The van der Waals surface area contributed by atoms with Crippen LogP contribution >= 0.6 is 0 Å². The molecule has 22 heavy (non-hydrogen) atoms. The molecule has 0 aliphatic carbocycles. The zero-order chi connectivity index (χ0) is 15.4. The summed E-state index contributed by atoms with van der Waals surface area (Å²) >= 11 is 0. The average molecular weight is 300 g/mol. The van der Waals surface area contributed by atoms with E-state index in [0.29, 0.717) is 19.8 Å². The highest BCUT2D eigenvalue weighted by Gasteiger charge is 2.21. The molecule has 0 bridgehead atoms. The Morgan fingerprint density at radius 1 is 1.32 bits per heavy atom. The molecular weight excluding hydrogens is 276 g/mol. The number of ether oxygens (including phenoxy) is 1. The van der Waals surface area contributed by atoms with Crippen LogP contribution in [-0.2, 0) is 22.4 Å². The summed E-state index contributed by atoms with van der Waals surface area (Å²) in [5.74, 6) is 0.306. The quantitative estimate of drug-likeness (QED) is 0.892. The maximum atomic E-state index is 12.1. The van der Waals surface area contributed by atoms with Crippen molar-refractivity contribution in [2.45, 2.75) is 32.6 Å². The third-order valence-electron chi connectivity index (χ3n) is 4.55. The van der Waals surface area contributed by atoms with Gasteiger partial charge in [0, 0.05) is 42.8 Å². The molecule has 1 saturated heterocycles. The molecule has 1 amide bonds. The fourth-order valence-corrected chi connectivity index (χ4v) is 3.20. The largest absolute Gasteiger partial charge is 0.381 e. The first kappa shape index (κ1) is 15.1. The molecule has 1 aromatic heterocycles. The van der Waals surface area contributed by atoms with Gasteiger partial charge in [-0.05, 0) is 36.8 Å². The van der Waals surface area contributed by atoms with E-state index in [-0.39, 0.29) is 11.8 Å². The van der Waals surface area contributed by atoms with Crippen molar-refractivity contribution < 1.29 is 9.53 Å². The molecule has 2 aromatic rings. The van der Waals surface area contributed by atoms with Gasteiger partial charge in [0.1, 0.15) is 0 Å². The summed E-state index contributed by atoms with van der Waals surface area (Å²) in [4.78, 5) is 15.5. The number of aromatic amines is 1. The zero-order valence-electron chi connectivity index (χ0n) is 13.2. The van der Waals surface area contributed by atoms with Crippen LogP contribution in [0.4, 0.5) is 0 Å². The Morgan fingerprint density at radius 3 is 2.91 bits per heavy atom. The molecule has 2 N–H and O–H groups in total. The second-order valence-electron chi connectivity index (χ2n) is 5.93. The van der Waals surface area contributed by atoms with Crippen LogP contribution < -0.4 is 5.32 Å². The second kappa shape index (κ2) is 6.97. The minimum atomic E-state index is 0.128. The predicted octanol–water partition coefficient (Wildman–Crippen LogP) is 2.82. The molecule has 0 unspecified atom stereocenters. The van der Waals surface area contributed by atoms with Crippen LogP contribution in [-0.4, -0.2) is 30.6 Å². The lowest BCUT2D eigenvalue weighted by atomic mass is 9.99. The maximum absolute atomic E-state index is 12.1. The molecule has 118 valence electrons. The van der Waals surface area contributed by atoms with E-state index in [4.69, 9.17) is 4.74 Å². The van der Waals surface area contributed by atoms with E-state index < -0.39 is 0 Å². The summed E-state index contributed by atoms with van der Waals surface area (Å²) in [6.45, 7) is 4.28. The Bertz CT molecular complexity index is 642. The van der Waals surface area contributed by atoms with Gasteiger partial charge in [0.05, 0.1) is 0 Å². The monoisotopic (exact) mass is 300 g/mol. The topological polar surface area (TPSA) is 54.1 Å². The fraction of sp³-hybridized carbons (Fsp3) is 0.500. The first-order valence-corrected chi connectivity index (χ1v) is 8.23. The molecule has 2 heterocycles. The van der Waals surface area contributed by atoms with Gasteiger partial charge in [-0.25, -0.2) is 0 Å². The SMILES string of the molecule is CCc1cccc2c(CCNC(=O)C3CCOCC3)c[nH]c12. The molecule has 3 rings (SSSR count). The van der Waals surface area contributed by atoms with E-state index in [2.05, 4.69) is 41.6 Å². The van der Waals surface area contributed by atoms with Crippen LogP contribution in [0.1, 0.15) is 30.9 Å². The molecule has 4 heteroatoms. The summed E-state index contributed by atoms with van der Waals surface area (Å²) in [6, 6.07) is 6.43. The summed E-state index contributed by atoms with van der Waals surface area (Å²) in [5.41, 5.74) is 3.85. The molecule has 0 atom stereocenters. The van der Waals surface area contributed by atoms with Crippen LogP contribution in [0.15, 0.2) is 24.4 Å². The van der Waals surface area contributed by atoms with Gasteiger partial charge in [0.25, 0.3) is 0 Å². The minimum Gasteiger partial charge on any atom is -0.381 e. The lowest BCUT2D eigenvalue weighted by Gasteiger charge is -2.21. The predicted molar refractivity (Wildman–Crippen MR) is 87.9 cm³/mol. The van der Waals surface area contributed by atoms with Gasteiger partial charge >= 0.3 is 0 Å². The molecule has 0 spiro atoms. The zero-order valence-corrected chi connectivity index (χ0v) is 13.2. The smallest absolute Gasteiger partial charge is 0.223 e. The van der Waals surface area contributed by atoms with Gasteiger partial charge in [0.15, 0.2) is 0 Å². The number of fused-ring (bicyclic) bond motifs is 1.